The van der Waals surface area contributed by atoms with Crippen LogP contribution in [0.1, 0.15) is 68.9 Å². The number of benzene rings is 1. The first-order chi connectivity index (χ1) is 11.8. The molecule has 1 aromatic rings. The van der Waals surface area contributed by atoms with E-state index in [2.05, 4.69) is 20.8 Å². The van der Waals surface area contributed by atoms with Crippen LogP contribution in [0.3, 0.4) is 0 Å². The second kappa shape index (κ2) is 6.77. The van der Waals surface area contributed by atoms with Gasteiger partial charge in [-0.05, 0) is 55.2 Å². The summed E-state index contributed by atoms with van der Waals surface area (Å²) in [6.45, 7) is 8.22. The number of rotatable bonds is 2. The van der Waals surface area contributed by atoms with Crippen molar-refractivity contribution in [3.63, 3.8) is 0 Å². The number of nitrogens with zero attached hydrogens (tertiary/aromatic N) is 1. The Balaban J connectivity index is 1.78. The summed E-state index contributed by atoms with van der Waals surface area (Å²) in [7, 11) is 0. The number of halogens is 1. The molecule has 1 saturated carbocycles. The minimum absolute atomic E-state index is 0.170. The van der Waals surface area contributed by atoms with E-state index in [0.717, 1.165) is 24.2 Å². The Morgan fingerprint density at radius 2 is 2.00 bits per heavy atom. The molecule has 25 heavy (non-hydrogen) atoms. The van der Waals surface area contributed by atoms with Crippen LogP contribution in [0.4, 0.5) is 9.18 Å². The van der Waals surface area contributed by atoms with Crippen molar-refractivity contribution in [1.82, 2.24) is 4.90 Å². The molecule has 1 heterocycles. The van der Waals surface area contributed by atoms with Crippen molar-refractivity contribution in [3.05, 3.63) is 35.1 Å². The van der Waals surface area contributed by atoms with Gasteiger partial charge < -0.3 is 4.74 Å². The van der Waals surface area contributed by atoms with Gasteiger partial charge in [-0.3, -0.25) is 4.79 Å². The zero-order valence-electron chi connectivity index (χ0n) is 15.3. The Bertz CT molecular complexity index is 688. The van der Waals surface area contributed by atoms with Gasteiger partial charge in [0.2, 0.25) is 0 Å². The number of hydrogen-bond acceptors (Lipinski definition) is 3. The lowest BCUT2D eigenvalue weighted by atomic mass is 9.75. The summed E-state index contributed by atoms with van der Waals surface area (Å²) < 4.78 is 19.3. The first kappa shape index (κ1) is 17.9. The van der Waals surface area contributed by atoms with Gasteiger partial charge in [-0.15, -0.1) is 0 Å². The molecule has 0 spiro atoms. The molecule has 0 aromatic heterocycles. The highest BCUT2D eigenvalue weighted by Crippen LogP contribution is 2.38. The van der Waals surface area contributed by atoms with Crippen molar-refractivity contribution < 1.29 is 18.7 Å². The average molecular weight is 347 g/mol. The third-order valence-electron chi connectivity index (χ3n) is 5.71. The van der Waals surface area contributed by atoms with Gasteiger partial charge in [0.15, 0.2) is 0 Å². The van der Waals surface area contributed by atoms with Gasteiger partial charge in [0.05, 0.1) is 6.04 Å². The molecule has 5 heteroatoms. The highest BCUT2D eigenvalue weighted by atomic mass is 19.1. The van der Waals surface area contributed by atoms with Gasteiger partial charge >= 0.3 is 6.09 Å². The molecule has 0 bridgehead atoms. The summed E-state index contributed by atoms with van der Waals surface area (Å²) in [5, 5.41) is 0. The minimum Gasteiger partial charge on any atom is -0.445 e. The summed E-state index contributed by atoms with van der Waals surface area (Å²) in [6.07, 6.45) is 2.22. The Morgan fingerprint density at radius 3 is 2.68 bits per heavy atom. The Labute approximate surface area is 148 Å². The van der Waals surface area contributed by atoms with E-state index >= 15 is 0 Å². The molecule has 136 valence electrons. The normalized spacial score (nSPS) is 29.0. The van der Waals surface area contributed by atoms with E-state index in [9.17, 15) is 14.0 Å². The number of imide groups is 1. The smallest absolute Gasteiger partial charge is 0.417 e. The van der Waals surface area contributed by atoms with Gasteiger partial charge in [-0.1, -0.05) is 33.3 Å². The summed E-state index contributed by atoms with van der Waals surface area (Å²) in [6, 6.07) is 3.64. The second-order valence-corrected chi connectivity index (χ2v) is 7.83. The van der Waals surface area contributed by atoms with Crippen molar-refractivity contribution in [2.24, 2.45) is 17.8 Å². The molecule has 3 rings (SSSR count). The fourth-order valence-corrected chi connectivity index (χ4v) is 4.20. The molecular formula is C20H26FNO3. The number of hydrogen-bond donors (Lipinski definition) is 0. The zero-order chi connectivity index (χ0) is 18.3. The quantitative estimate of drug-likeness (QED) is 0.761. The monoisotopic (exact) mass is 347 g/mol. The van der Waals surface area contributed by atoms with Crippen LogP contribution in [0.5, 0.6) is 0 Å². The van der Waals surface area contributed by atoms with Gasteiger partial charge in [-0.2, -0.15) is 0 Å². The van der Waals surface area contributed by atoms with Crippen molar-refractivity contribution in [3.8, 4) is 0 Å². The molecule has 4 atom stereocenters. The maximum Gasteiger partial charge on any atom is 0.417 e. The van der Waals surface area contributed by atoms with Crippen LogP contribution in [0.15, 0.2) is 18.2 Å². The number of ether oxygens (including phenoxy) is 1. The van der Waals surface area contributed by atoms with Crippen molar-refractivity contribution in [2.75, 3.05) is 0 Å². The van der Waals surface area contributed by atoms with E-state index in [4.69, 9.17) is 4.74 Å². The predicted molar refractivity (Wildman–Crippen MR) is 92.6 cm³/mol. The first-order valence-electron chi connectivity index (χ1n) is 9.13. The lowest BCUT2D eigenvalue weighted by molar-refractivity contribution is -0.0107. The summed E-state index contributed by atoms with van der Waals surface area (Å²) in [5.41, 5.74) is 0.919. The van der Waals surface area contributed by atoms with Crippen LogP contribution in [-0.2, 0) is 4.74 Å². The second-order valence-electron chi connectivity index (χ2n) is 7.83. The fourth-order valence-electron chi connectivity index (χ4n) is 4.20. The maximum atomic E-state index is 13.5. The topological polar surface area (TPSA) is 46.6 Å². The Morgan fingerprint density at radius 1 is 1.28 bits per heavy atom. The van der Waals surface area contributed by atoms with Crippen LogP contribution in [0, 0.1) is 23.6 Å². The molecule has 0 N–H and O–H groups in total. The van der Waals surface area contributed by atoms with Crippen LogP contribution < -0.4 is 0 Å². The lowest BCUT2D eigenvalue weighted by Crippen LogP contribution is -2.41. The van der Waals surface area contributed by atoms with Gasteiger partial charge in [0, 0.05) is 5.56 Å². The average Bonchev–Trinajstić information content (AvgIpc) is 2.78. The van der Waals surface area contributed by atoms with E-state index in [1.165, 1.54) is 12.1 Å². The standard InChI is InChI=1S/C20H26FNO3/c1-11(2)15-7-5-12(3)9-18(15)25-20(24)22-13(4)16-8-6-14(21)10-17(16)19(22)23/h6,8,10-13,15,18H,5,7,9H2,1-4H3/t12-,13?,15+,18+/m1/s1. The van der Waals surface area contributed by atoms with Gasteiger partial charge in [-0.25, -0.2) is 14.1 Å². The molecule has 4 nitrogen and oxygen atoms in total. The first-order valence-corrected chi connectivity index (χ1v) is 9.13. The third kappa shape index (κ3) is 3.29. The van der Waals surface area contributed by atoms with Crippen LogP contribution in [0.25, 0.3) is 0 Å². The molecule has 1 aromatic carbocycles. The molecule has 0 radical (unpaired) electrons. The van der Waals surface area contributed by atoms with E-state index in [-0.39, 0.29) is 11.7 Å². The van der Waals surface area contributed by atoms with Crippen molar-refractivity contribution >= 4 is 12.0 Å². The van der Waals surface area contributed by atoms with Crippen LogP contribution >= 0.6 is 0 Å². The van der Waals surface area contributed by atoms with Crippen LogP contribution in [0.2, 0.25) is 0 Å². The Kier molecular flexibility index (Phi) is 4.85. The van der Waals surface area contributed by atoms with Crippen molar-refractivity contribution in [1.29, 1.82) is 0 Å². The summed E-state index contributed by atoms with van der Waals surface area (Å²) >= 11 is 0. The highest BCUT2D eigenvalue weighted by molar-refractivity contribution is 6.07. The Hall–Kier alpha value is -1.91. The number of carbonyl (C=O) groups is 2. The number of amides is 2. The van der Waals surface area contributed by atoms with Crippen LogP contribution in [-0.4, -0.2) is 23.0 Å². The molecule has 1 fully saturated rings. The van der Waals surface area contributed by atoms with E-state index in [0.29, 0.717) is 23.3 Å². The van der Waals surface area contributed by atoms with E-state index in [1.54, 1.807) is 13.0 Å². The molecule has 1 unspecified atom stereocenters. The molecule has 2 amide bonds. The third-order valence-corrected chi connectivity index (χ3v) is 5.71. The highest BCUT2D eigenvalue weighted by Gasteiger charge is 2.42. The summed E-state index contributed by atoms with van der Waals surface area (Å²) in [4.78, 5) is 26.5. The largest absolute Gasteiger partial charge is 0.445 e. The zero-order valence-corrected chi connectivity index (χ0v) is 15.3. The molecule has 1 aliphatic carbocycles. The molecule has 2 aliphatic rings. The van der Waals surface area contributed by atoms with Crippen molar-refractivity contribution in [2.45, 2.75) is 59.1 Å². The predicted octanol–water partition coefficient (Wildman–Crippen LogP) is 4.94. The molecule has 0 saturated heterocycles. The minimum atomic E-state index is -0.612. The SMILES string of the molecule is CC(C)[C@@H]1CC[C@@H](C)C[C@@H]1OC(=O)N1C(=O)c2cc(F)ccc2C1C. The van der Waals surface area contributed by atoms with E-state index < -0.39 is 23.9 Å². The number of fused-ring (bicyclic) bond motifs is 1. The lowest BCUT2D eigenvalue weighted by Gasteiger charge is -2.37. The maximum absolute atomic E-state index is 13.5. The molecular weight excluding hydrogens is 321 g/mol. The van der Waals surface area contributed by atoms with E-state index in [1.807, 2.05) is 0 Å². The van der Waals surface area contributed by atoms with Gasteiger partial charge in [0.25, 0.3) is 5.91 Å². The number of carbonyl (C=O) groups excluding carboxylic acids is 2. The fraction of sp³-hybridized carbons (Fsp3) is 0.600. The molecule has 1 aliphatic heterocycles. The summed E-state index contributed by atoms with van der Waals surface area (Å²) in [5.74, 6) is 0.287. The van der Waals surface area contributed by atoms with Gasteiger partial charge in [0.1, 0.15) is 11.9 Å².